The number of nitrogens with one attached hydrogen (secondary N) is 1. The number of ether oxygens (including phenoxy) is 2. The molecular formula is C23H22F3N7O2S. The number of thiazole rings is 1. The summed E-state index contributed by atoms with van der Waals surface area (Å²) >= 11 is 1.57. The van der Waals surface area contributed by atoms with Crippen molar-refractivity contribution < 1.29 is 22.6 Å². The summed E-state index contributed by atoms with van der Waals surface area (Å²) in [6, 6.07) is 3.99. The van der Waals surface area contributed by atoms with Crippen molar-refractivity contribution in [2.45, 2.75) is 49.9 Å². The van der Waals surface area contributed by atoms with Crippen molar-refractivity contribution in [1.29, 1.82) is 0 Å². The van der Waals surface area contributed by atoms with E-state index >= 15 is 0 Å². The fraction of sp³-hybridized carbons (Fsp3) is 0.435. The number of halogens is 3. The average Bonchev–Trinajstić information content (AvgIpc) is 3.51. The third kappa shape index (κ3) is 4.60. The molecule has 9 nitrogen and oxygen atoms in total. The molecule has 5 heterocycles. The van der Waals surface area contributed by atoms with E-state index in [4.69, 9.17) is 9.47 Å². The van der Waals surface area contributed by atoms with Gasteiger partial charge >= 0.3 is 6.18 Å². The minimum atomic E-state index is -4.61. The molecule has 0 radical (unpaired) electrons. The van der Waals surface area contributed by atoms with E-state index in [0.717, 1.165) is 53.8 Å². The number of nitrogens with zero attached hydrogens (tertiary/aromatic N) is 6. The molecule has 0 aromatic carbocycles. The van der Waals surface area contributed by atoms with Gasteiger partial charge in [-0.2, -0.15) is 18.2 Å². The topological polar surface area (TPSA) is 99.4 Å². The van der Waals surface area contributed by atoms with E-state index in [2.05, 4.69) is 30.5 Å². The van der Waals surface area contributed by atoms with Crippen LogP contribution < -0.4 is 10.1 Å². The van der Waals surface area contributed by atoms with Crippen molar-refractivity contribution in [3.63, 3.8) is 0 Å². The van der Waals surface area contributed by atoms with Gasteiger partial charge in [-0.15, -0.1) is 21.5 Å². The molecule has 1 N–H and O–H groups in total. The minimum absolute atomic E-state index is 0.0239. The summed E-state index contributed by atoms with van der Waals surface area (Å²) in [5.74, 6) is 0.651. The fourth-order valence-corrected chi connectivity index (χ4v) is 5.22. The van der Waals surface area contributed by atoms with Crippen LogP contribution in [0.3, 0.4) is 0 Å². The lowest BCUT2D eigenvalue weighted by molar-refractivity contribution is -0.142. The molecule has 2 aliphatic rings. The molecule has 36 heavy (non-hydrogen) atoms. The van der Waals surface area contributed by atoms with Crippen molar-refractivity contribution in [2.24, 2.45) is 0 Å². The SMILES string of the molecule is FC(F)(F)c1cnc(N[C@@H]2CCC[C@H](c3nnc4cc(-c5cncs5)ccn34)C2)nc1OC1COC1. The van der Waals surface area contributed by atoms with Crippen LogP contribution in [0, 0.1) is 0 Å². The molecular weight excluding hydrogens is 495 g/mol. The Morgan fingerprint density at radius 3 is 2.81 bits per heavy atom. The number of alkyl halides is 3. The normalized spacial score (nSPS) is 20.9. The van der Waals surface area contributed by atoms with Crippen molar-refractivity contribution >= 4 is 22.9 Å². The summed E-state index contributed by atoms with van der Waals surface area (Å²) in [7, 11) is 0. The van der Waals surface area contributed by atoms with Crippen LogP contribution in [0.5, 0.6) is 5.88 Å². The van der Waals surface area contributed by atoms with Gasteiger partial charge in [0.05, 0.1) is 23.6 Å². The highest BCUT2D eigenvalue weighted by molar-refractivity contribution is 7.13. The van der Waals surface area contributed by atoms with Crippen LogP contribution in [0.1, 0.15) is 43.0 Å². The predicted molar refractivity (Wildman–Crippen MR) is 125 cm³/mol. The number of fused-ring (bicyclic) bond motifs is 1. The molecule has 188 valence electrons. The number of rotatable bonds is 6. The number of anilines is 1. The Hall–Kier alpha value is -3.32. The van der Waals surface area contributed by atoms with E-state index in [-0.39, 0.29) is 31.1 Å². The zero-order valence-electron chi connectivity index (χ0n) is 19.0. The van der Waals surface area contributed by atoms with E-state index in [1.54, 1.807) is 16.8 Å². The number of aromatic nitrogens is 6. The lowest BCUT2D eigenvalue weighted by Crippen LogP contribution is -2.39. The van der Waals surface area contributed by atoms with Crippen molar-refractivity contribution in [2.75, 3.05) is 18.5 Å². The van der Waals surface area contributed by atoms with E-state index in [1.165, 1.54) is 0 Å². The van der Waals surface area contributed by atoms with Gasteiger partial charge in [-0.1, -0.05) is 6.42 Å². The predicted octanol–water partition coefficient (Wildman–Crippen LogP) is 4.58. The molecule has 13 heteroatoms. The van der Waals surface area contributed by atoms with E-state index in [1.807, 2.05) is 28.9 Å². The molecule has 2 fully saturated rings. The molecule has 4 aromatic heterocycles. The van der Waals surface area contributed by atoms with Gasteiger partial charge in [-0.05, 0) is 37.0 Å². The zero-order chi connectivity index (χ0) is 24.7. The van der Waals surface area contributed by atoms with E-state index in [9.17, 15) is 13.2 Å². The first-order chi connectivity index (χ1) is 17.4. The third-order valence-corrected chi connectivity index (χ3v) is 7.29. The third-order valence-electron chi connectivity index (χ3n) is 6.47. The summed E-state index contributed by atoms with van der Waals surface area (Å²) < 4.78 is 52.7. The summed E-state index contributed by atoms with van der Waals surface area (Å²) in [4.78, 5) is 13.2. The van der Waals surface area contributed by atoms with E-state index in [0.29, 0.717) is 0 Å². The standard InChI is InChI=1S/C23H22F3N7O2S/c24-23(25,26)17-8-28-22(30-21(17)35-16-10-34-11-16)29-15-3-1-2-14(6-15)20-32-31-19-7-13(4-5-33(19)20)18-9-27-12-36-18/h4-5,7-9,12,14-16H,1-3,6,10-11H2,(H,28,29,30)/t14-,15+/m0/s1. The Bertz CT molecular complexity index is 1360. The Morgan fingerprint density at radius 2 is 2.06 bits per heavy atom. The highest BCUT2D eigenvalue weighted by Crippen LogP contribution is 2.37. The first kappa shape index (κ1) is 23.1. The van der Waals surface area contributed by atoms with Gasteiger partial charge < -0.3 is 14.8 Å². The van der Waals surface area contributed by atoms with Crippen molar-refractivity contribution in [3.8, 4) is 16.3 Å². The Balaban J connectivity index is 1.19. The van der Waals surface area contributed by atoms with Crippen LogP contribution in [-0.2, 0) is 10.9 Å². The summed E-state index contributed by atoms with van der Waals surface area (Å²) in [6.45, 7) is 0.485. The number of hydrogen-bond donors (Lipinski definition) is 1. The lowest BCUT2D eigenvalue weighted by Gasteiger charge is -2.29. The Morgan fingerprint density at radius 1 is 1.17 bits per heavy atom. The maximum absolute atomic E-state index is 13.4. The molecule has 0 unspecified atom stereocenters. The molecule has 4 aromatic rings. The van der Waals surface area contributed by atoms with Crippen LogP contribution in [0.2, 0.25) is 0 Å². The second kappa shape index (κ2) is 9.28. The maximum atomic E-state index is 13.4. The first-order valence-electron chi connectivity index (χ1n) is 11.6. The highest BCUT2D eigenvalue weighted by atomic mass is 32.1. The molecule has 0 amide bonds. The molecule has 1 aliphatic heterocycles. The van der Waals surface area contributed by atoms with Crippen LogP contribution in [0.4, 0.5) is 19.1 Å². The van der Waals surface area contributed by atoms with E-state index < -0.39 is 23.7 Å². The van der Waals surface area contributed by atoms with Crippen LogP contribution in [0.25, 0.3) is 16.1 Å². The molecule has 1 aliphatic carbocycles. The molecule has 1 saturated carbocycles. The molecule has 6 rings (SSSR count). The highest BCUT2D eigenvalue weighted by Gasteiger charge is 2.38. The van der Waals surface area contributed by atoms with Gasteiger partial charge in [-0.25, -0.2) is 4.98 Å². The van der Waals surface area contributed by atoms with Gasteiger partial charge in [-0.3, -0.25) is 9.38 Å². The first-order valence-corrected chi connectivity index (χ1v) is 12.5. The van der Waals surface area contributed by atoms with Crippen molar-refractivity contribution in [1.82, 2.24) is 29.5 Å². The second-order valence-corrected chi connectivity index (χ2v) is 9.85. The molecule has 2 atom stereocenters. The molecule has 0 spiro atoms. The molecule has 0 bridgehead atoms. The average molecular weight is 518 g/mol. The van der Waals surface area contributed by atoms with Gasteiger partial charge in [0, 0.05) is 30.6 Å². The van der Waals surface area contributed by atoms with Crippen LogP contribution in [0.15, 0.2) is 36.2 Å². The summed E-state index contributed by atoms with van der Waals surface area (Å²) in [6.07, 6.45) is 2.98. The largest absolute Gasteiger partial charge is 0.469 e. The smallest absolute Gasteiger partial charge is 0.423 e. The van der Waals surface area contributed by atoms with Gasteiger partial charge in [0.25, 0.3) is 0 Å². The Kier molecular flexibility index (Phi) is 5.96. The summed E-state index contributed by atoms with van der Waals surface area (Å²) in [5.41, 5.74) is 2.60. The summed E-state index contributed by atoms with van der Waals surface area (Å²) in [5, 5.41) is 12.1. The van der Waals surface area contributed by atoms with Crippen LogP contribution >= 0.6 is 11.3 Å². The van der Waals surface area contributed by atoms with Gasteiger partial charge in [0.1, 0.15) is 17.5 Å². The number of hydrogen-bond acceptors (Lipinski definition) is 9. The Labute approximate surface area is 207 Å². The van der Waals surface area contributed by atoms with Gasteiger partial charge in [0.15, 0.2) is 5.65 Å². The lowest BCUT2D eigenvalue weighted by atomic mass is 9.85. The zero-order valence-corrected chi connectivity index (χ0v) is 19.8. The minimum Gasteiger partial charge on any atom is -0.469 e. The quantitative estimate of drug-likeness (QED) is 0.397. The number of pyridine rings is 1. The fourth-order valence-electron chi connectivity index (χ4n) is 4.60. The van der Waals surface area contributed by atoms with Crippen LogP contribution in [-0.4, -0.2) is 54.9 Å². The second-order valence-electron chi connectivity index (χ2n) is 8.96. The monoisotopic (exact) mass is 517 g/mol. The van der Waals surface area contributed by atoms with Gasteiger partial charge in [0.2, 0.25) is 11.8 Å². The maximum Gasteiger partial charge on any atom is 0.423 e. The molecule has 1 saturated heterocycles. The van der Waals surface area contributed by atoms with Crippen molar-refractivity contribution in [3.05, 3.63) is 47.6 Å².